The predicted molar refractivity (Wildman–Crippen MR) is 77.4 cm³/mol. The lowest BCUT2D eigenvalue weighted by atomic mass is 9.84. The van der Waals surface area contributed by atoms with Crippen LogP contribution < -0.4 is 0 Å². The van der Waals surface area contributed by atoms with Crippen LogP contribution in [0, 0.1) is 5.41 Å². The average molecular weight is 252 g/mol. The molecule has 0 unspecified atom stereocenters. The number of aromatic nitrogens is 1. The molecule has 0 saturated carbocycles. The van der Waals surface area contributed by atoms with Crippen molar-refractivity contribution in [3.63, 3.8) is 0 Å². The Morgan fingerprint density at radius 1 is 1.35 bits per heavy atom. The molecule has 0 spiro atoms. The second-order valence-electron chi connectivity index (χ2n) is 4.90. The SMILES string of the molecule is CCC(CC)(CS)CN(C)Cc1cccnc1. The van der Waals surface area contributed by atoms with Crippen LogP contribution in [0.2, 0.25) is 0 Å². The van der Waals surface area contributed by atoms with Gasteiger partial charge >= 0.3 is 0 Å². The summed E-state index contributed by atoms with van der Waals surface area (Å²) in [5, 5.41) is 0. The Balaban J connectivity index is 2.56. The first-order valence-electron chi connectivity index (χ1n) is 6.34. The summed E-state index contributed by atoms with van der Waals surface area (Å²) in [4.78, 5) is 6.53. The molecule has 0 atom stereocenters. The van der Waals surface area contributed by atoms with Gasteiger partial charge in [0, 0.05) is 25.5 Å². The van der Waals surface area contributed by atoms with E-state index in [1.54, 1.807) is 0 Å². The highest BCUT2D eigenvalue weighted by Crippen LogP contribution is 2.29. The molecule has 1 aromatic rings. The molecule has 1 aromatic heterocycles. The molecule has 0 aromatic carbocycles. The Bertz CT molecular complexity index is 301. The monoisotopic (exact) mass is 252 g/mol. The summed E-state index contributed by atoms with van der Waals surface area (Å²) in [6.45, 7) is 6.58. The van der Waals surface area contributed by atoms with Crippen molar-refractivity contribution in [1.82, 2.24) is 9.88 Å². The van der Waals surface area contributed by atoms with E-state index in [1.807, 2.05) is 18.5 Å². The standard InChI is InChI=1S/C14H24N2S/c1-4-14(5-2,12-17)11-16(3)10-13-7-6-8-15-9-13/h6-9,17H,4-5,10-12H2,1-3H3. The van der Waals surface area contributed by atoms with E-state index in [0.717, 1.165) is 18.8 Å². The fourth-order valence-electron chi connectivity index (χ4n) is 2.18. The molecule has 0 amide bonds. The molecule has 0 radical (unpaired) electrons. The summed E-state index contributed by atoms with van der Waals surface area (Å²) in [5.41, 5.74) is 1.62. The van der Waals surface area contributed by atoms with Gasteiger partial charge in [-0.25, -0.2) is 0 Å². The van der Waals surface area contributed by atoms with Gasteiger partial charge < -0.3 is 4.90 Å². The van der Waals surface area contributed by atoms with Gasteiger partial charge in [-0.15, -0.1) is 0 Å². The third-order valence-electron chi connectivity index (χ3n) is 3.62. The highest BCUT2D eigenvalue weighted by atomic mass is 32.1. The fraction of sp³-hybridized carbons (Fsp3) is 0.643. The van der Waals surface area contributed by atoms with Crippen LogP contribution in [0.4, 0.5) is 0 Å². The van der Waals surface area contributed by atoms with E-state index >= 15 is 0 Å². The number of rotatable bonds is 7. The third kappa shape index (κ3) is 4.32. The van der Waals surface area contributed by atoms with Gasteiger partial charge in [-0.1, -0.05) is 19.9 Å². The van der Waals surface area contributed by atoms with Gasteiger partial charge in [0.15, 0.2) is 0 Å². The number of nitrogens with zero attached hydrogens (tertiary/aromatic N) is 2. The van der Waals surface area contributed by atoms with Gasteiger partial charge in [-0.2, -0.15) is 12.6 Å². The van der Waals surface area contributed by atoms with Crippen LogP contribution in [0.5, 0.6) is 0 Å². The normalized spacial score (nSPS) is 12.1. The van der Waals surface area contributed by atoms with Crippen molar-refractivity contribution < 1.29 is 0 Å². The quantitative estimate of drug-likeness (QED) is 0.750. The smallest absolute Gasteiger partial charge is 0.0312 e. The minimum absolute atomic E-state index is 0.347. The predicted octanol–water partition coefficient (Wildman–Crippen LogP) is 3.25. The van der Waals surface area contributed by atoms with Crippen LogP contribution in [0.25, 0.3) is 0 Å². The van der Waals surface area contributed by atoms with E-state index in [9.17, 15) is 0 Å². The Hall–Kier alpha value is -0.540. The minimum atomic E-state index is 0.347. The van der Waals surface area contributed by atoms with Crippen LogP contribution in [-0.2, 0) is 6.54 Å². The first-order chi connectivity index (χ1) is 8.15. The molecule has 1 rings (SSSR count). The molecule has 0 aliphatic rings. The first kappa shape index (κ1) is 14.5. The molecule has 0 fully saturated rings. The van der Waals surface area contributed by atoms with Crippen LogP contribution >= 0.6 is 12.6 Å². The topological polar surface area (TPSA) is 16.1 Å². The molecule has 0 saturated heterocycles. The molecule has 17 heavy (non-hydrogen) atoms. The summed E-state index contributed by atoms with van der Waals surface area (Å²) < 4.78 is 0. The highest BCUT2D eigenvalue weighted by molar-refractivity contribution is 7.80. The molecule has 1 heterocycles. The minimum Gasteiger partial charge on any atom is -0.301 e. The molecule has 0 aliphatic heterocycles. The maximum atomic E-state index is 4.52. The molecular formula is C14H24N2S. The van der Waals surface area contributed by atoms with E-state index in [-0.39, 0.29) is 0 Å². The van der Waals surface area contributed by atoms with Crippen LogP contribution in [0.3, 0.4) is 0 Å². The van der Waals surface area contributed by atoms with Crippen molar-refractivity contribution in [3.8, 4) is 0 Å². The Kier molecular flexibility index (Phi) is 6.00. The molecule has 0 aliphatic carbocycles. The third-order valence-corrected chi connectivity index (χ3v) is 4.29. The maximum absolute atomic E-state index is 4.52. The maximum Gasteiger partial charge on any atom is 0.0312 e. The molecule has 0 N–H and O–H groups in total. The summed E-state index contributed by atoms with van der Waals surface area (Å²) in [6.07, 6.45) is 6.13. The van der Waals surface area contributed by atoms with Crippen LogP contribution in [0.1, 0.15) is 32.3 Å². The first-order valence-corrected chi connectivity index (χ1v) is 6.97. The van der Waals surface area contributed by atoms with E-state index < -0.39 is 0 Å². The molecule has 3 heteroatoms. The summed E-state index contributed by atoms with van der Waals surface area (Å²) in [7, 11) is 2.18. The highest BCUT2D eigenvalue weighted by Gasteiger charge is 2.25. The van der Waals surface area contributed by atoms with Crippen molar-refractivity contribution in [2.24, 2.45) is 5.41 Å². The summed E-state index contributed by atoms with van der Waals surface area (Å²) in [5.74, 6) is 0.956. The lowest BCUT2D eigenvalue weighted by Crippen LogP contribution is -2.36. The zero-order valence-corrected chi connectivity index (χ0v) is 12.1. The Labute approximate surface area is 111 Å². The van der Waals surface area contributed by atoms with Crippen LogP contribution in [0.15, 0.2) is 24.5 Å². The fourth-order valence-corrected chi connectivity index (χ4v) is 2.73. The van der Waals surface area contributed by atoms with Gasteiger partial charge in [0.05, 0.1) is 0 Å². The summed E-state index contributed by atoms with van der Waals surface area (Å²) in [6, 6.07) is 4.12. The number of thiol groups is 1. The Morgan fingerprint density at radius 2 is 2.06 bits per heavy atom. The summed E-state index contributed by atoms with van der Waals surface area (Å²) >= 11 is 4.52. The van der Waals surface area contributed by atoms with Crippen molar-refractivity contribution in [2.75, 3.05) is 19.3 Å². The molecule has 0 bridgehead atoms. The van der Waals surface area contributed by atoms with Crippen molar-refractivity contribution in [1.29, 1.82) is 0 Å². The van der Waals surface area contributed by atoms with E-state index in [4.69, 9.17) is 0 Å². The number of pyridine rings is 1. The lowest BCUT2D eigenvalue weighted by Gasteiger charge is -2.34. The van der Waals surface area contributed by atoms with Gasteiger partial charge in [-0.3, -0.25) is 4.98 Å². The van der Waals surface area contributed by atoms with Gasteiger partial charge in [-0.05, 0) is 42.7 Å². The lowest BCUT2D eigenvalue weighted by molar-refractivity contribution is 0.179. The molecule has 96 valence electrons. The van der Waals surface area contributed by atoms with E-state index in [2.05, 4.69) is 49.5 Å². The van der Waals surface area contributed by atoms with E-state index in [0.29, 0.717) is 5.41 Å². The van der Waals surface area contributed by atoms with Crippen molar-refractivity contribution >= 4 is 12.6 Å². The van der Waals surface area contributed by atoms with Gasteiger partial charge in [0.2, 0.25) is 0 Å². The van der Waals surface area contributed by atoms with Gasteiger partial charge in [0.1, 0.15) is 0 Å². The zero-order chi connectivity index (χ0) is 12.7. The van der Waals surface area contributed by atoms with Gasteiger partial charge in [0.25, 0.3) is 0 Å². The number of hydrogen-bond acceptors (Lipinski definition) is 3. The van der Waals surface area contributed by atoms with E-state index in [1.165, 1.54) is 18.4 Å². The second-order valence-corrected chi connectivity index (χ2v) is 5.22. The average Bonchev–Trinajstić information content (AvgIpc) is 2.37. The van der Waals surface area contributed by atoms with Crippen molar-refractivity contribution in [2.45, 2.75) is 33.2 Å². The second kappa shape index (κ2) is 7.02. The number of hydrogen-bond donors (Lipinski definition) is 1. The Morgan fingerprint density at radius 3 is 2.53 bits per heavy atom. The molecular weight excluding hydrogens is 228 g/mol. The zero-order valence-electron chi connectivity index (χ0n) is 11.2. The molecule has 2 nitrogen and oxygen atoms in total. The van der Waals surface area contributed by atoms with Crippen LogP contribution in [-0.4, -0.2) is 29.2 Å². The van der Waals surface area contributed by atoms with Crippen molar-refractivity contribution in [3.05, 3.63) is 30.1 Å². The largest absolute Gasteiger partial charge is 0.301 e.